The molecule has 0 aromatic heterocycles. The molecule has 1 nitrogen and oxygen atoms in total. The monoisotopic (exact) mass is 180 g/mol. The van der Waals surface area contributed by atoms with Crippen molar-refractivity contribution < 1.29 is 4.74 Å². The molecule has 2 heterocycles. The normalized spacial score (nSPS) is 45.7. The highest BCUT2D eigenvalue weighted by Crippen LogP contribution is 2.45. The molecule has 4 rings (SSSR count). The largest absolute Gasteiger partial charge is 0.374 e. The maximum Gasteiger partial charge on any atom is 0.0634 e. The van der Waals surface area contributed by atoms with Crippen LogP contribution in [0.5, 0.6) is 0 Å². The van der Waals surface area contributed by atoms with Crippen LogP contribution in [0, 0.1) is 11.8 Å². The summed E-state index contributed by atoms with van der Waals surface area (Å²) in [4.78, 5) is 0. The smallest absolute Gasteiger partial charge is 0.0634 e. The lowest BCUT2D eigenvalue weighted by Crippen LogP contribution is -2.50. The predicted molar refractivity (Wildman–Crippen MR) is 52.6 cm³/mol. The van der Waals surface area contributed by atoms with Crippen molar-refractivity contribution >= 4 is 0 Å². The fourth-order valence-corrected chi connectivity index (χ4v) is 3.62. The van der Waals surface area contributed by atoms with E-state index in [4.69, 9.17) is 4.74 Å². The van der Waals surface area contributed by atoms with Crippen LogP contribution in [0.1, 0.15) is 51.4 Å². The maximum atomic E-state index is 5.84. The molecule has 1 heteroatoms. The van der Waals surface area contributed by atoms with Gasteiger partial charge in [-0.1, -0.05) is 32.1 Å². The van der Waals surface area contributed by atoms with Crippen molar-refractivity contribution in [2.75, 3.05) is 0 Å². The van der Waals surface area contributed by atoms with Gasteiger partial charge in [-0.05, 0) is 24.7 Å². The fourth-order valence-electron chi connectivity index (χ4n) is 3.62. The van der Waals surface area contributed by atoms with Crippen molar-refractivity contribution in [1.82, 2.24) is 0 Å². The molecule has 74 valence electrons. The van der Waals surface area contributed by atoms with Crippen LogP contribution in [-0.4, -0.2) is 12.2 Å². The summed E-state index contributed by atoms with van der Waals surface area (Å²) in [7, 11) is 0. The molecule has 0 amide bonds. The molecule has 4 fully saturated rings. The molecule has 2 bridgehead atoms. The predicted octanol–water partition coefficient (Wildman–Crippen LogP) is 3.13. The Balaban J connectivity index is 1.62. The maximum absolute atomic E-state index is 5.84. The number of fused-ring (bicyclic) bond motifs is 2. The highest BCUT2D eigenvalue weighted by Gasteiger charge is 2.44. The zero-order valence-electron chi connectivity index (χ0n) is 8.37. The topological polar surface area (TPSA) is 9.23 Å². The summed E-state index contributed by atoms with van der Waals surface area (Å²) in [5, 5.41) is 0. The SMILES string of the molecule is C1CCC(C2CCC3CC2O3)CC1. The van der Waals surface area contributed by atoms with Crippen molar-refractivity contribution in [2.45, 2.75) is 63.6 Å². The number of rotatable bonds is 1. The second-order valence-corrected chi connectivity index (χ2v) is 5.17. The molecule has 2 saturated carbocycles. The number of hydrogen-bond acceptors (Lipinski definition) is 1. The third-order valence-electron chi connectivity index (χ3n) is 4.42. The van der Waals surface area contributed by atoms with E-state index in [1.807, 2.05) is 0 Å². The summed E-state index contributed by atoms with van der Waals surface area (Å²) in [6.07, 6.45) is 13.0. The van der Waals surface area contributed by atoms with E-state index in [0.717, 1.165) is 11.8 Å². The minimum atomic E-state index is 0.671. The second-order valence-electron chi connectivity index (χ2n) is 5.17. The average Bonchev–Trinajstić information content (AvgIpc) is 2.18. The molecule has 4 aliphatic rings. The van der Waals surface area contributed by atoms with Crippen LogP contribution in [0.15, 0.2) is 0 Å². The van der Waals surface area contributed by atoms with E-state index in [-0.39, 0.29) is 0 Å². The molecule has 0 aromatic carbocycles. The Bertz CT molecular complexity index is 175. The summed E-state index contributed by atoms with van der Waals surface area (Å²) >= 11 is 0. The fraction of sp³-hybridized carbons (Fsp3) is 1.00. The van der Waals surface area contributed by atoms with Crippen LogP contribution in [0.3, 0.4) is 0 Å². The van der Waals surface area contributed by atoms with Crippen molar-refractivity contribution in [3.05, 3.63) is 0 Å². The van der Waals surface area contributed by atoms with Crippen molar-refractivity contribution in [3.8, 4) is 0 Å². The standard InChI is InChI=1S/C12H20O/c1-2-4-9(5-3-1)11-7-6-10-8-12(11)13-10/h9-12H,1-8H2. The van der Waals surface area contributed by atoms with E-state index in [9.17, 15) is 0 Å². The number of ether oxygens (including phenoxy) is 1. The lowest BCUT2D eigenvalue weighted by molar-refractivity contribution is -0.197. The Kier molecular flexibility index (Phi) is 2.08. The molecule has 0 N–H and O–H groups in total. The van der Waals surface area contributed by atoms with Gasteiger partial charge in [0.1, 0.15) is 0 Å². The van der Waals surface area contributed by atoms with E-state index in [0.29, 0.717) is 12.2 Å². The summed E-state index contributed by atoms with van der Waals surface area (Å²) in [6, 6.07) is 0. The molecule has 0 spiro atoms. The van der Waals surface area contributed by atoms with E-state index < -0.39 is 0 Å². The van der Waals surface area contributed by atoms with Gasteiger partial charge in [-0.3, -0.25) is 0 Å². The molecule has 13 heavy (non-hydrogen) atoms. The van der Waals surface area contributed by atoms with Crippen molar-refractivity contribution in [1.29, 1.82) is 0 Å². The van der Waals surface area contributed by atoms with Crippen LogP contribution in [0.25, 0.3) is 0 Å². The minimum Gasteiger partial charge on any atom is -0.374 e. The lowest BCUT2D eigenvalue weighted by Gasteiger charge is -2.50. The van der Waals surface area contributed by atoms with E-state index >= 15 is 0 Å². The van der Waals surface area contributed by atoms with E-state index in [2.05, 4.69) is 0 Å². The first-order chi connectivity index (χ1) is 6.43. The lowest BCUT2D eigenvalue weighted by atomic mass is 9.69. The first-order valence-electron chi connectivity index (χ1n) is 6.09. The first-order valence-corrected chi connectivity index (χ1v) is 6.09. The van der Waals surface area contributed by atoms with Crippen LogP contribution in [-0.2, 0) is 4.74 Å². The Hall–Kier alpha value is -0.0400. The molecule has 2 aliphatic heterocycles. The summed E-state index contributed by atoms with van der Waals surface area (Å²) in [6.45, 7) is 0. The van der Waals surface area contributed by atoms with Gasteiger partial charge in [0, 0.05) is 6.42 Å². The van der Waals surface area contributed by atoms with E-state index in [1.54, 1.807) is 0 Å². The van der Waals surface area contributed by atoms with Gasteiger partial charge in [-0.2, -0.15) is 0 Å². The van der Waals surface area contributed by atoms with Gasteiger partial charge in [0.25, 0.3) is 0 Å². The van der Waals surface area contributed by atoms with Crippen LogP contribution in [0.2, 0.25) is 0 Å². The van der Waals surface area contributed by atoms with Gasteiger partial charge in [0.2, 0.25) is 0 Å². The first kappa shape index (κ1) is 8.28. The Morgan fingerprint density at radius 1 is 0.846 bits per heavy atom. The van der Waals surface area contributed by atoms with Crippen molar-refractivity contribution in [2.24, 2.45) is 11.8 Å². The van der Waals surface area contributed by atoms with Gasteiger partial charge in [0.05, 0.1) is 12.2 Å². The quantitative estimate of drug-likeness (QED) is 0.602. The zero-order valence-corrected chi connectivity index (χ0v) is 8.37. The molecular weight excluding hydrogens is 160 g/mol. The van der Waals surface area contributed by atoms with Crippen LogP contribution >= 0.6 is 0 Å². The van der Waals surface area contributed by atoms with E-state index in [1.165, 1.54) is 51.4 Å². The third-order valence-corrected chi connectivity index (χ3v) is 4.42. The summed E-state index contributed by atoms with van der Waals surface area (Å²) < 4.78 is 5.84. The molecule has 3 unspecified atom stereocenters. The van der Waals surface area contributed by atoms with Gasteiger partial charge >= 0.3 is 0 Å². The highest BCUT2D eigenvalue weighted by atomic mass is 16.5. The third kappa shape index (κ3) is 1.41. The zero-order chi connectivity index (χ0) is 8.67. The Morgan fingerprint density at radius 3 is 2.23 bits per heavy atom. The summed E-state index contributed by atoms with van der Waals surface area (Å²) in [5.74, 6) is 1.98. The van der Waals surface area contributed by atoms with Gasteiger partial charge in [0.15, 0.2) is 0 Å². The Labute approximate surface area is 80.8 Å². The molecule has 2 saturated heterocycles. The van der Waals surface area contributed by atoms with Crippen LogP contribution < -0.4 is 0 Å². The Morgan fingerprint density at radius 2 is 1.62 bits per heavy atom. The molecule has 0 aromatic rings. The van der Waals surface area contributed by atoms with Crippen LogP contribution in [0.4, 0.5) is 0 Å². The highest BCUT2D eigenvalue weighted by molar-refractivity contribution is 4.93. The number of hydrogen-bond donors (Lipinski definition) is 0. The average molecular weight is 180 g/mol. The van der Waals surface area contributed by atoms with Gasteiger partial charge in [-0.25, -0.2) is 0 Å². The molecule has 0 radical (unpaired) electrons. The van der Waals surface area contributed by atoms with Crippen molar-refractivity contribution in [3.63, 3.8) is 0 Å². The van der Waals surface area contributed by atoms with Gasteiger partial charge in [-0.15, -0.1) is 0 Å². The minimum absolute atomic E-state index is 0.671. The molecular formula is C12H20O. The molecule has 3 atom stereocenters. The molecule has 2 aliphatic carbocycles. The summed E-state index contributed by atoms with van der Waals surface area (Å²) in [5.41, 5.74) is 0. The second kappa shape index (κ2) is 3.27. The van der Waals surface area contributed by atoms with Gasteiger partial charge < -0.3 is 4.74 Å².